The molecule has 3 rings (SSSR count). The second-order valence-corrected chi connectivity index (χ2v) is 6.77. The third kappa shape index (κ3) is 8.30. The molecule has 0 radical (unpaired) electrons. The second-order valence-electron chi connectivity index (χ2n) is 6.77. The van der Waals surface area contributed by atoms with E-state index in [4.69, 9.17) is 14.2 Å². The topological polar surface area (TPSA) is 77.0 Å². The molecule has 0 saturated carbocycles. The Hall–Kier alpha value is -3.27. The van der Waals surface area contributed by atoms with Crippen molar-refractivity contribution in [2.75, 3.05) is 20.8 Å². The average molecular weight is 560 g/mol. The van der Waals surface area contributed by atoms with E-state index < -0.39 is 0 Å². The molecule has 2 N–H and O–H groups in total. The number of nitrogens with one attached hydrogen (secondary N) is 2. The van der Waals surface area contributed by atoms with Gasteiger partial charge in [0.25, 0.3) is 0 Å². The van der Waals surface area contributed by atoms with Gasteiger partial charge in [-0.3, -0.25) is 4.99 Å². The van der Waals surface area contributed by atoms with Gasteiger partial charge in [-0.1, -0.05) is 43.0 Å². The highest BCUT2D eigenvalue weighted by Gasteiger charge is 2.05. The van der Waals surface area contributed by atoms with E-state index in [1.165, 1.54) is 0 Å². The zero-order valence-corrected chi connectivity index (χ0v) is 21.1. The lowest BCUT2D eigenvalue weighted by atomic mass is 10.2. The summed E-state index contributed by atoms with van der Waals surface area (Å²) in [5, 5.41) is 6.59. The van der Waals surface area contributed by atoms with Crippen LogP contribution in [0, 0.1) is 0 Å². The summed E-state index contributed by atoms with van der Waals surface area (Å²) in [6.07, 6.45) is 3.50. The fourth-order valence-electron chi connectivity index (χ4n) is 2.89. The molecular weight excluding hydrogens is 531 g/mol. The Bertz CT molecular complexity index is 1040. The van der Waals surface area contributed by atoms with Crippen LogP contribution in [0.2, 0.25) is 0 Å². The Kier molecular flexibility index (Phi) is 11.0. The average Bonchev–Trinajstić information content (AvgIpc) is 2.84. The van der Waals surface area contributed by atoms with E-state index in [1.807, 2.05) is 60.7 Å². The first-order valence-corrected chi connectivity index (χ1v) is 10.2. The summed E-state index contributed by atoms with van der Waals surface area (Å²) in [6.45, 7) is 5.31. The number of rotatable bonds is 10. The third-order valence-electron chi connectivity index (χ3n) is 4.52. The third-order valence-corrected chi connectivity index (χ3v) is 4.52. The Balaban J connectivity index is 0.00000385. The molecule has 33 heavy (non-hydrogen) atoms. The van der Waals surface area contributed by atoms with Gasteiger partial charge >= 0.3 is 0 Å². The van der Waals surface area contributed by atoms with E-state index in [9.17, 15) is 0 Å². The summed E-state index contributed by atoms with van der Waals surface area (Å²) in [4.78, 5) is 8.66. The van der Waals surface area contributed by atoms with Crippen molar-refractivity contribution in [1.82, 2.24) is 15.6 Å². The molecule has 0 amide bonds. The van der Waals surface area contributed by atoms with Crippen molar-refractivity contribution < 1.29 is 14.2 Å². The van der Waals surface area contributed by atoms with Gasteiger partial charge < -0.3 is 24.8 Å². The molecule has 174 valence electrons. The number of benzene rings is 2. The standard InChI is InChI=1S/C25H28N4O3.HI/c1-4-14-31-23-11-6-5-8-20(23)18-29-25(26-2)28-17-19-12-13-24(27-16-19)32-22-10-7-9-21(15-22)30-3;/h4-13,15-16H,1,14,17-18H2,2-3H3,(H2,26,28,29);1H. The molecule has 0 fully saturated rings. The lowest BCUT2D eigenvalue weighted by Gasteiger charge is -2.14. The summed E-state index contributed by atoms with van der Waals surface area (Å²) in [5.74, 6) is 3.42. The van der Waals surface area contributed by atoms with Gasteiger partial charge in [0.1, 0.15) is 23.9 Å². The van der Waals surface area contributed by atoms with E-state index in [0.29, 0.717) is 37.3 Å². The first-order valence-electron chi connectivity index (χ1n) is 10.2. The van der Waals surface area contributed by atoms with Crippen LogP contribution in [0.3, 0.4) is 0 Å². The smallest absolute Gasteiger partial charge is 0.219 e. The van der Waals surface area contributed by atoms with Gasteiger partial charge in [-0.25, -0.2) is 4.98 Å². The number of para-hydroxylation sites is 1. The predicted molar refractivity (Wildman–Crippen MR) is 142 cm³/mol. The van der Waals surface area contributed by atoms with Crippen molar-refractivity contribution in [2.24, 2.45) is 4.99 Å². The zero-order chi connectivity index (χ0) is 22.6. The van der Waals surface area contributed by atoms with Gasteiger partial charge in [-0.15, -0.1) is 24.0 Å². The highest BCUT2D eigenvalue weighted by Crippen LogP contribution is 2.23. The van der Waals surface area contributed by atoms with Crippen LogP contribution in [-0.2, 0) is 13.1 Å². The number of guanidine groups is 1. The van der Waals surface area contributed by atoms with Crippen LogP contribution in [0.25, 0.3) is 0 Å². The lowest BCUT2D eigenvalue weighted by molar-refractivity contribution is 0.358. The summed E-state index contributed by atoms with van der Waals surface area (Å²) < 4.78 is 16.7. The molecule has 0 atom stereocenters. The molecule has 0 saturated heterocycles. The number of pyridine rings is 1. The first-order chi connectivity index (χ1) is 15.7. The maximum absolute atomic E-state index is 5.78. The van der Waals surface area contributed by atoms with Crippen molar-refractivity contribution in [1.29, 1.82) is 0 Å². The van der Waals surface area contributed by atoms with E-state index in [1.54, 1.807) is 26.4 Å². The van der Waals surface area contributed by atoms with Gasteiger partial charge in [0.15, 0.2) is 5.96 Å². The minimum Gasteiger partial charge on any atom is -0.497 e. The van der Waals surface area contributed by atoms with Crippen LogP contribution in [0.5, 0.6) is 23.1 Å². The Morgan fingerprint density at radius 1 is 1.03 bits per heavy atom. The van der Waals surface area contributed by atoms with E-state index in [0.717, 1.165) is 22.6 Å². The van der Waals surface area contributed by atoms with Crippen LogP contribution in [0.15, 0.2) is 84.5 Å². The molecular formula is C25H29IN4O3. The Morgan fingerprint density at radius 3 is 2.55 bits per heavy atom. The van der Waals surface area contributed by atoms with Crippen LogP contribution in [-0.4, -0.2) is 31.7 Å². The molecule has 8 heteroatoms. The molecule has 1 aromatic heterocycles. The monoisotopic (exact) mass is 560 g/mol. The van der Waals surface area contributed by atoms with E-state index in [-0.39, 0.29) is 24.0 Å². The normalized spacial score (nSPS) is 10.5. The van der Waals surface area contributed by atoms with Crippen LogP contribution >= 0.6 is 24.0 Å². The number of nitrogens with zero attached hydrogens (tertiary/aromatic N) is 2. The number of halogens is 1. The van der Waals surface area contributed by atoms with E-state index >= 15 is 0 Å². The molecule has 0 bridgehead atoms. The van der Waals surface area contributed by atoms with Crippen LogP contribution < -0.4 is 24.8 Å². The fourth-order valence-corrected chi connectivity index (χ4v) is 2.89. The van der Waals surface area contributed by atoms with Gasteiger partial charge in [0.2, 0.25) is 5.88 Å². The molecule has 0 unspecified atom stereocenters. The maximum Gasteiger partial charge on any atom is 0.219 e. The first kappa shape index (κ1) is 26.0. The Morgan fingerprint density at radius 2 is 1.82 bits per heavy atom. The highest BCUT2D eigenvalue weighted by atomic mass is 127. The summed E-state index contributed by atoms with van der Waals surface area (Å²) in [5.41, 5.74) is 2.04. The van der Waals surface area contributed by atoms with Gasteiger partial charge in [0.05, 0.1) is 7.11 Å². The van der Waals surface area contributed by atoms with E-state index in [2.05, 4.69) is 27.2 Å². The quantitative estimate of drug-likeness (QED) is 0.159. The molecule has 0 spiro atoms. The van der Waals surface area contributed by atoms with Crippen LogP contribution in [0.4, 0.5) is 0 Å². The summed E-state index contributed by atoms with van der Waals surface area (Å²) >= 11 is 0. The zero-order valence-electron chi connectivity index (χ0n) is 18.8. The van der Waals surface area contributed by atoms with Gasteiger partial charge in [-0.05, 0) is 23.8 Å². The van der Waals surface area contributed by atoms with Crippen molar-refractivity contribution in [3.05, 3.63) is 90.6 Å². The van der Waals surface area contributed by atoms with Crippen molar-refractivity contribution in [3.63, 3.8) is 0 Å². The minimum absolute atomic E-state index is 0. The molecule has 7 nitrogen and oxygen atoms in total. The van der Waals surface area contributed by atoms with Crippen LogP contribution in [0.1, 0.15) is 11.1 Å². The number of methoxy groups -OCH3 is 1. The largest absolute Gasteiger partial charge is 0.497 e. The van der Waals surface area contributed by atoms with Crippen molar-refractivity contribution >= 4 is 29.9 Å². The molecule has 3 aromatic rings. The maximum atomic E-state index is 5.78. The Labute approximate surface area is 211 Å². The molecule has 1 heterocycles. The number of ether oxygens (including phenoxy) is 3. The SMILES string of the molecule is C=CCOc1ccccc1CNC(=NC)NCc1ccc(Oc2cccc(OC)c2)nc1.I. The van der Waals surface area contributed by atoms with Gasteiger partial charge in [0, 0.05) is 44.0 Å². The van der Waals surface area contributed by atoms with Crippen molar-refractivity contribution in [2.45, 2.75) is 13.1 Å². The molecule has 0 aliphatic heterocycles. The number of hydrogen-bond donors (Lipinski definition) is 2. The summed E-state index contributed by atoms with van der Waals surface area (Å²) in [7, 11) is 3.36. The minimum atomic E-state index is 0. The predicted octanol–water partition coefficient (Wildman–Crippen LogP) is 4.93. The van der Waals surface area contributed by atoms with Gasteiger partial charge in [-0.2, -0.15) is 0 Å². The second kappa shape index (κ2) is 14.0. The molecule has 2 aromatic carbocycles. The summed E-state index contributed by atoms with van der Waals surface area (Å²) in [6, 6.07) is 19.1. The molecule has 0 aliphatic rings. The number of hydrogen-bond acceptors (Lipinski definition) is 5. The number of aromatic nitrogens is 1. The molecule has 0 aliphatic carbocycles. The highest BCUT2D eigenvalue weighted by molar-refractivity contribution is 14.0. The lowest BCUT2D eigenvalue weighted by Crippen LogP contribution is -2.36. The van der Waals surface area contributed by atoms with Crippen molar-refractivity contribution in [3.8, 4) is 23.1 Å². The fraction of sp³-hybridized carbons (Fsp3) is 0.200. The number of aliphatic imine (C=N–C) groups is 1.